The Morgan fingerprint density at radius 2 is 1.76 bits per heavy atom. The van der Waals surface area contributed by atoms with Gasteiger partial charge in [-0.25, -0.2) is 4.68 Å². The SMILES string of the molecule is COc1ccc(/C=C/C(=O)Nc2ccccc2C)cc1OCc1cn(CC(=O)Nc2ccccc2)nn1. The highest BCUT2D eigenvalue weighted by molar-refractivity contribution is 6.02. The summed E-state index contributed by atoms with van der Waals surface area (Å²) in [5.41, 5.74) is 3.77. The third-order valence-corrected chi connectivity index (χ3v) is 5.34. The van der Waals surface area contributed by atoms with Crippen molar-refractivity contribution in [2.45, 2.75) is 20.1 Å². The van der Waals surface area contributed by atoms with E-state index in [9.17, 15) is 9.59 Å². The molecule has 2 amide bonds. The normalized spacial score (nSPS) is 10.8. The molecule has 2 N–H and O–H groups in total. The Bertz CT molecular complexity index is 1400. The van der Waals surface area contributed by atoms with Crippen molar-refractivity contribution in [1.29, 1.82) is 0 Å². The first-order chi connectivity index (χ1) is 18.0. The second-order valence-electron chi connectivity index (χ2n) is 8.16. The molecule has 0 bridgehead atoms. The molecule has 4 rings (SSSR count). The van der Waals surface area contributed by atoms with Gasteiger partial charge < -0.3 is 20.1 Å². The summed E-state index contributed by atoms with van der Waals surface area (Å²) < 4.78 is 12.8. The van der Waals surface area contributed by atoms with Crippen LogP contribution < -0.4 is 20.1 Å². The predicted molar refractivity (Wildman–Crippen MR) is 141 cm³/mol. The largest absolute Gasteiger partial charge is 0.493 e. The molecule has 0 aliphatic carbocycles. The second-order valence-corrected chi connectivity index (χ2v) is 8.16. The van der Waals surface area contributed by atoms with Crippen molar-refractivity contribution >= 4 is 29.3 Å². The van der Waals surface area contributed by atoms with E-state index in [4.69, 9.17) is 9.47 Å². The van der Waals surface area contributed by atoms with E-state index in [1.54, 1.807) is 31.5 Å². The molecular formula is C28H27N5O4. The van der Waals surface area contributed by atoms with E-state index in [0.717, 1.165) is 16.8 Å². The molecule has 3 aromatic carbocycles. The highest BCUT2D eigenvalue weighted by atomic mass is 16.5. The Morgan fingerprint density at radius 1 is 0.973 bits per heavy atom. The van der Waals surface area contributed by atoms with Gasteiger partial charge in [0.05, 0.1) is 13.3 Å². The highest BCUT2D eigenvalue weighted by Crippen LogP contribution is 2.29. The van der Waals surface area contributed by atoms with E-state index in [1.807, 2.05) is 67.6 Å². The molecule has 188 valence electrons. The molecule has 0 aliphatic rings. The number of nitrogens with zero attached hydrogens (tertiary/aromatic N) is 3. The Labute approximate surface area is 214 Å². The van der Waals surface area contributed by atoms with Crippen LogP contribution in [0.5, 0.6) is 11.5 Å². The zero-order chi connectivity index (χ0) is 26.0. The molecule has 0 fully saturated rings. The molecule has 1 aromatic heterocycles. The minimum atomic E-state index is -0.236. The summed E-state index contributed by atoms with van der Waals surface area (Å²) in [4.78, 5) is 24.6. The monoisotopic (exact) mass is 497 g/mol. The zero-order valence-electron chi connectivity index (χ0n) is 20.5. The number of aryl methyl sites for hydroxylation is 1. The van der Waals surface area contributed by atoms with Crippen molar-refractivity contribution in [3.8, 4) is 11.5 Å². The Balaban J connectivity index is 1.34. The van der Waals surface area contributed by atoms with Crippen LogP contribution in [0.2, 0.25) is 0 Å². The third kappa shape index (κ3) is 7.28. The van der Waals surface area contributed by atoms with Crippen molar-refractivity contribution in [2.24, 2.45) is 0 Å². The number of aromatic nitrogens is 3. The van der Waals surface area contributed by atoms with Gasteiger partial charge in [-0.05, 0) is 54.5 Å². The number of carbonyl (C=O) groups is 2. The van der Waals surface area contributed by atoms with Gasteiger partial charge in [0.25, 0.3) is 0 Å². The maximum atomic E-state index is 12.3. The maximum absolute atomic E-state index is 12.3. The van der Waals surface area contributed by atoms with Crippen LogP contribution in [0.25, 0.3) is 6.08 Å². The number of rotatable bonds is 10. The summed E-state index contributed by atoms with van der Waals surface area (Å²) in [7, 11) is 1.55. The molecule has 0 aliphatic heterocycles. The number of carbonyl (C=O) groups excluding carboxylic acids is 2. The molecule has 37 heavy (non-hydrogen) atoms. The predicted octanol–water partition coefficient (Wildman–Crippen LogP) is 4.46. The Kier molecular flexibility index (Phi) is 8.28. The van der Waals surface area contributed by atoms with Crippen LogP contribution in [0, 0.1) is 6.92 Å². The zero-order valence-corrected chi connectivity index (χ0v) is 20.5. The lowest BCUT2D eigenvalue weighted by atomic mass is 10.1. The highest BCUT2D eigenvalue weighted by Gasteiger charge is 2.10. The fourth-order valence-corrected chi connectivity index (χ4v) is 3.47. The quantitative estimate of drug-likeness (QED) is 0.313. The van der Waals surface area contributed by atoms with Crippen LogP contribution in [-0.2, 0) is 22.7 Å². The molecule has 0 spiro atoms. The van der Waals surface area contributed by atoms with E-state index in [0.29, 0.717) is 22.9 Å². The van der Waals surface area contributed by atoms with Crippen molar-refractivity contribution in [3.05, 3.63) is 102 Å². The minimum absolute atomic E-state index is 0.0239. The van der Waals surface area contributed by atoms with Crippen LogP contribution in [0.4, 0.5) is 11.4 Å². The molecule has 4 aromatic rings. The van der Waals surface area contributed by atoms with Gasteiger partial charge in [-0.3, -0.25) is 9.59 Å². The molecular weight excluding hydrogens is 470 g/mol. The number of anilines is 2. The molecule has 9 nitrogen and oxygen atoms in total. The number of ether oxygens (including phenoxy) is 2. The molecule has 0 saturated carbocycles. The van der Waals surface area contributed by atoms with Crippen molar-refractivity contribution in [2.75, 3.05) is 17.7 Å². The number of hydrogen-bond donors (Lipinski definition) is 2. The summed E-state index contributed by atoms with van der Waals surface area (Å²) in [6, 6.07) is 22.1. The standard InChI is InChI=1S/C28H27N5O4/c1-20-8-6-7-11-24(20)30-27(34)15-13-21-12-14-25(36-2)26(16-21)37-19-23-17-33(32-31-23)18-28(35)29-22-9-4-3-5-10-22/h3-17H,18-19H2,1-2H3,(H,29,35)(H,30,34)/b15-13+. The van der Waals surface area contributed by atoms with E-state index >= 15 is 0 Å². The lowest BCUT2D eigenvalue weighted by molar-refractivity contribution is -0.117. The summed E-state index contributed by atoms with van der Waals surface area (Å²) in [6.45, 7) is 2.08. The average molecular weight is 498 g/mol. The van der Waals surface area contributed by atoms with Gasteiger partial charge in [-0.1, -0.05) is 47.7 Å². The topological polar surface area (TPSA) is 107 Å². The molecule has 0 unspecified atom stereocenters. The van der Waals surface area contributed by atoms with Gasteiger partial charge in [0.1, 0.15) is 18.8 Å². The van der Waals surface area contributed by atoms with Gasteiger partial charge in [0.15, 0.2) is 11.5 Å². The maximum Gasteiger partial charge on any atom is 0.248 e. The smallest absolute Gasteiger partial charge is 0.248 e. The molecule has 0 saturated heterocycles. The van der Waals surface area contributed by atoms with Crippen LogP contribution in [-0.4, -0.2) is 33.9 Å². The lowest BCUT2D eigenvalue weighted by Gasteiger charge is -2.10. The number of nitrogens with one attached hydrogen (secondary N) is 2. The first-order valence-corrected chi connectivity index (χ1v) is 11.6. The van der Waals surface area contributed by atoms with Gasteiger partial charge in [-0.2, -0.15) is 0 Å². The van der Waals surface area contributed by atoms with Crippen molar-refractivity contribution in [1.82, 2.24) is 15.0 Å². The fourth-order valence-electron chi connectivity index (χ4n) is 3.47. The summed E-state index contributed by atoms with van der Waals surface area (Å²) >= 11 is 0. The van der Waals surface area contributed by atoms with Gasteiger partial charge in [0.2, 0.25) is 11.8 Å². The summed E-state index contributed by atoms with van der Waals surface area (Å²) in [5, 5.41) is 13.7. The van der Waals surface area contributed by atoms with Crippen LogP contribution in [0.1, 0.15) is 16.8 Å². The second kappa shape index (κ2) is 12.2. The number of benzene rings is 3. The van der Waals surface area contributed by atoms with Crippen molar-refractivity contribution in [3.63, 3.8) is 0 Å². The number of hydrogen-bond acceptors (Lipinski definition) is 6. The van der Waals surface area contributed by atoms with Crippen LogP contribution >= 0.6 is 0 Å². The molecule has 9 heteroatoms. The summed E-state index contributed by atoms with van der Waals surface area (Å²) in [5.74, 6) is 0.577. The first-order valence-electron chi connectivity index (χ1n) is 11.6. The Morgan fingerprint density at radius 3 is 2.54 bits per heavy atom. The van der Waals surface area contributed by atoms with Gasteiger partial charge in [0, 0.05) is 17.5 Å². The van der Waals surface area contributed by atoms with Gasteiger partial charge >= 0.3 is 0 Å². The third-order valence-electron chi connectivity index (χ3n) is 5.34. The van der Waals surface area contributed by atoms with E-state index in [1.165, 1.54) is 10.8 Å². The fraction of sp³-hybridized carbons (Fsp3) is 0.143. The van der Waals surface area contributed by atoms with E-state index in [2.05, 4.69) is 20.9 Å². The number of amides is 2. The summed E-state index contributed by atoms with van der Waals surface area (Å²) in [6.07, 6.45) is 4.81. The Hall–Kier alpha value is -4.92. The molecule has 0 atom stereocenters. The van der Waals surface area contributed by atoms with Crippen molar-refractivity contribution < 1.29 is 19.1 Å². The molecule has 1 heterocycles. The lowest BCUT2D eigenvalue weighted by Crippen LogP contribution is -2.19. The number of para-hydroxylation sites is 2. The average Bonchev–Trinajstić information content (AvgIpc) is 3.35. The van der Waals surface area contributed by atoms with E-state index < -0.39 is 0 Å². The minimum Gasteiger partial charge on any atom is -0.493 e. The van der Waals surface area contributed by atoms with E-state index in [-0.39, 0.29) is 25.0 Å². The van der Waals surface area contributed by atoms with Crippen LogP contribution in [0.15, 0.2) is 85.1 Å². The number of methoxy groups -OCH3 is 1. The van der Waals surface area contributed by atoms with Gasteiger partial charge in [-0.15, -0.1) is 5.10 Å². The first kappa shape index (κ1) is 25.2. The van der Waals surface area contributed by atoms with Crippen LogP contribution in [0.3, 0.4) is 0 Å². The molecule has 0 radical (unpaired) electrons.